The Morgan fingerprint density at radius 1 is 1.14 bits per heavy atom. The van der Waals surface area contributed by atoms with E-state index < -0.39 is 11.7 Å². The topological polar surface area (TPSA) is 77.8 Å². The lowest BCUT2D eigenvalue weighted by molar-refractivity contribution is 0.0635. The molecule has 1 heterocycles. The lowest BCUT2D eigenvalue weighted by atomic mass is 10.0. The molecule has 0 spiro atoms. The number of hydrogen-bond acceptors (Lipinski definition) is 5. The van der Waals surface area contributed by atoms with E-state index in [1.165, 1.54) is 0 Å². The minimum absolute atomic E-state index is 0.285. The maximum atomic E-state index is 11.9. The van der Waals surface area contributed by atoms with E-state index in [-0.39, 0.29) is 6.61 Å². The monoisotopic (exact) mass is 393 g/mol. The summed E-state index contributed by atoms with van der Waals surface area (Å²) < 4.78 is 16.2. The van der Waals surface area contributed by atoms with Gasteiger partial charge in [-0.1, -0.05) is 12.1 Å². The summed E-state index contributed by atoms with van der Waals surface area (Å²) in [6.07, 6.45) is 3.43. The van der Waals surface area contributed by atoms with Crippen molar-refractivity contribution in [3.05, 3.63) is 72.2 Å². The Hall–Kier alpha value is -3.54. The number of carbonyl (C=O) groups is 2. The summed E-state index contributed by atoms with van der Waals surface area (Å²) in [7, 11) is 0. The highest BCUT2D eigenvalue weighted by Gasteiger charge is 2.16. The standard InChI is InChI=1S/C23H23NO5/c1-23(2,3)29-22(26)24-19-6-4-5-16(11-19)14-28-20-7-8-21(18(12-20)13-25)17-9-10-27-15-17/h4-13,15H,14H2,1-3H3,(H,24,26). The number of aldehydes is 1. The predicted octanol–water partition coefficient (Wildman–Crippen LogP) is 5.69. The van der Waals surface area contributed by atoms with Crippen LogP contribution in [0.15, 0.2) is 65.5 Å². The predicted molar refractivity (Wildman–Crippen MR) is 110 cm³/mol. The van der Waals surface area contributed by atoms with E-state index in [1.807, 2.05) is 45.0 Å². The molecule has 3 aromatic rings. The minimum atomic E-state index is -0.566. The Bertz CT molecular complexity index is 987. The average molecular weight is 393 g/mol. The quantitative estimate of drug-likeness (QED) is 0.545. The lowest BCUT2D eigenvalue weighted by Gasteiger charge is -2.19. The number of carbonyl (C=O) groups excluding carboxylic acids is 2. The smallest absolute Gasteiger partial charge is 0.412 e. The third-order valence-corrected chi connectivity index (χ3v) is 3.96. The highest BCUT2D eigenvalue weighted by molar-refractivity contribution is 5.88. The van der Waals surface area contributed by atoms with Crippen molar-refractivity contribution in [3.63, 3.8) is 0 Å². The zero-order valence-electron chi connectivity index (χ0n) is 16.6. The Kier molecular flexibility index (Phi) is 6.02. The van der Waals surface area contributed by atoms with Gasteiger partial charge in [0.25, 0.3) is 0 Å². The summed E-state index contributed by atoms with van der Waals surface area (Å²) in [5.74, 6) is 0.574. The molecule has 0 unspecified atom stereocenters. The molecular formula is C23H23NO5. The number of furan rings is 1. The van der Waals surface area contributed by atoms with E-state index in [4.69, 9.17) is 13.9 Å². The van der Waals surface area contributed by atoms with Crippen molar-refractivity contribution < 1.29 is 23.5 Å². The molecule has 1 aromatic heterocycles. The van der Waals surface area contributed by atoms with E-state index in [0.717, 1.165) is 23.0 Å². The molecule has 150 valence electrons. The Labute approximate surface area is 169 Å². The Morgan fingerprint density at radius 2 is 1.97 bits per heavy atom. The van der Waals surface area contributed by atoms with Gasteiger partial charge in [-0.3, -0.25) is 10.1 Å². The molecule has 0 aliphatic heterocycles. The van der Waals surface area contributed by atoms with Crippen LogP contribution < -0.4 is 10.1 Å². The second-order valence-corrected chi connectivity index (χ2v) is 7.49. The number of amides is 1. The van der Waals surface area contributed by atoms with E-state index in [0.29, 0.717) is 17.0 Å². The first-order valence-electron chi connectivity index (χ1n) is 9.17. The molecule has 0 bridgehead atoms. The van der Waals surface area contributed by atoms with Gasteiger partial charge in [0.05, 0.1) is 12.5 Å². The second-order valence-electron chi connectivity index (χ2n) is 7.49. The second kappa shape index (κ2) is 8.65. The number of benzene rings is 2. The van der Waals surface area contributed by atoms with E-state index in [9.17, 15) is 9.59 Å². The summed E-state index contributed by atoms with van der Waals surface area (Å²) in [6, 6.07) is 14.4. The number of hydrogen-bond donors (Lipinski definition) is 1. The fourth-order valence-corrected chi connectivity index (χ4v) is 2.74. The van der Waals surface area contributed by atoms with Gasteiger partial charge in [0.1, 0.15) is 18.0 Å². The number of ether oxygens (including phenoxy) is 2. The number of anilines is 1. The van der Waals surface area contributed by atoms with Crippen LogP contribution in [0, 0.1) is 0 Å². The SMILES string of the molecule is CC(C)(C)OC(=O)Nc1cccc(COc2ccc(-c3ccoc3)c(C=O)c2)c1. The zero-order chi connectivity index (χ0) is 20.9. The van der Waals surface area contributed by atoms with Crippen molar-refractivity contribution in [2.45, 2.75) is 33.0 Å². The summed E-state index contributed by atoms with van der Waals surface area (Å²) in [6.45, 7) is 5.71. The number of rotatable bonds is 6. The van der Waals surface area contributed by atoms with Crippen LogP contribution in [0.2, 0.25) is 0 Å². The van der Waals surface area contributed by atoms with Gasteiger partial charge in [-0.15, -0.1) is 0 Å². The molecule has 3 rings (SSSR count). The molecule has 6 heteroatoms. The van der Waals surface area contributed by atoms with Gasteiger partial charge in [0, 0.05) is 16.8 Å². The molecule has 0 aliphatic rings. The van der Waals surface area contributed by atoms with Gasteiger partial charge in [0.2, 0.25) is 0 Å². The van der Waals surface area contributed by atoms with Gasteiger partial charge < -0.3 is 13.9 Å². The Morgan fingerprint density at radius 3 is 2.66 bits per heavy atom. The van der Waals surface area contributed by atoms with Crippen molar-refractivity contribution in [1.29, 1.82) is 0 Å². The molecule has 0 saturated heterocycles. The Balaban J connectivity index is 1.66. The van der Waals surface area contributed by atoms with Crippen molar-refractivity contribution >= 4 is 18.1 Å². The van der Waals surface area contributed by atoms with Crippen LogP contribution >= 0.6 is 0 Å². The third kappa shape index (κ3) is 5.72. The first kappa shape index (κ1) is 20.2. The first-order valence-corrected chi connectivity index (χ1v) is 9.17. The van der Waals surface area contributed by atoms with Gasteiger partial charge in [-0.2, -0.15) is 0 Å². The third-order valence-electron chi connectivity index (χ3n) is 3.96. The fourth-order valence-electron chi connectivity index (χ4n) is 2.74. The summed E-state index contributed by atoms with van der Waals surface area (Å²) in [4.78, 5) is 23.4. The maximum absolute atomic E-state index is 11.9. The summed E-state index contributed by atoms with van der Waals surface area (Å²) >= 11 is 0. The maximum Gasteiger partial charge on any atom is 0.412 e. The zero-order valence-corrected chi connectivity index (χ0v) is 16.6. The average Bonchev–Trinajstić information content (AvgIpc) is 3.19. The van der Waals surface area contributed by atoms with Gasteiger partial charge >= 0.3 is 6.09 Å². The molecule has 0 saturated carbocycles. The van der Waals surface area contributed by atoms with Crippen LogP contribution in [0.25, 0.3) is 11.1 Å². The van der Waals surface area contributed by atoms with Crippen LogP contribution in [0.4, 0.5) is 10.5 Å². The van der Waals surface area contributed by atoms with Crippen LogP contribution in [-0.4, -0.2) is 18.0 Å². The first-order chi connectivity index (χ1) is 13.8. The highest BCUT2D eigenvalue weighted by atomic mass is 16.6. The summed E-state index contributed by atoms with van der Waals surface area (Å²) in [5, 5.41) is 2.71. The molecule has 6 nitrogen and oxygen atoms in total. The van der Waals surface area contributed by atoms with Crippen molar-refractivity contribution in [1.82, 2.24) is 0 Å². The highest BCUT2D eigenvalue weighted by Crippen LogP contribution is 2.27. The van der Waals surface area contributed by atoms with Crippen LogP contribution in [0.1, 0.15) is 36.7 Å². The van der Waals surface area contributed by atoms with Gasteiger partial charge in [-0.05, 0) is 68.3 Å². The molecule has 0 radical (unpaired) electrons. The molecule has 0 aliphatic carbocycles. The molecule has 1 amide bonds. The summed E-state index contributed by atoms with van der Waals surface area (Å²) in [5.41, 5.74) is 3.05. The molecule has 0 atom stereocenters. The molecule has 2 aromatic carbocycles. The fraction of sp³-hybridized carbons (Fsp3) is 0.217. The van der Waals surface area contributed by atoms with Gasteiger partial charge in [-0.25, -0.2) is 4.79 Å². The minimum Gasteiger partial charge on any atom is -0.489 e. The normalized spacial score (nSPS) is 11.0. The molecular weight excluding hydrogens is 370 g/mol. The molecule has 29 heavy (non-hydrogen) atoms. The van der Waals surface area contributed by atoms with E-state index >= 15 is 0 Å². The molecule has 1 N–H and O–H groups in total. The van der Waals surface area contributed by atoms with Crippen LogP contribution in [0.3, 0.4) is 0 Å². The van der Waals surface area contributed by atoms with E-state index in [1.54, 1.807) is 36.8 Å². The lowest BCUT2D eigenvalue weighted by Crippen LogP contribution is -2.27. The van der Waals surface area contributed by atoms with Crippen LogP contribution in [0.5, 0.6) is 5.75 Å². The molecule has 0 fully saturated rings. The van der Waals surface area contributed by atoms with Crippen molar-refractivity contribution in [3.8, 4) is 16.9 Å². The van der Waals surface area contributed by atoms with Crippen molar-refractivity contribution in [2.75, 3.05) is 5.32 Å². The van der Waals surface area contributed by atoms with E-state index in [2.05, 4.69) is 5.32 Å². The number of nitrogens with one attached hydrogen (secondary N) is 1. The van der Waals surface area contributed by atoms with Crippen molar-refractivity contribution in [2.24, 2.45) is 0 Å². The van der Waals surface area contributed by atoms with Crippen LogP contribution in [-0.2, 0) is 11.3 Å². The van der Waals surface area contributed by atoms with Gasteiger partial charge in [0.15, 0.2) is 6.29 Å². The largest absolute Gasteiger partial charge is 0.489 e.